The molecule has 4 rings (SSSR count). The third-order valence-corrected chi connectivity index (χ3v) is 11.4. The number of rotatable bonds is 6. The Morgan fingerprint density at radius 2 is 1.62 bits per heavy atom. The molecule has 13 atom stereocenters. The minimum atomic E-state index is -1.94. The zero-order valence-corrected chi connectivity index (χ0v) is 21.4. The van der Waals surface area contributed by atoms with E-state index in [-0.39, 0.29) is 36.7 Å². The van der Waals surface area contributed by atoms with Gasteiger partial charge in [-0.2, -0.15) is 0 Å². The van der Waals surface area contributed by atoms with Gasteiger partial charge in [-0.1, -0.05) is 40.5 Å². The molecule has 7 N–H and O–H groups in total. The summed E-state index contributed by atoms with van der Waals surface area (Å²) in [6, 6.07) is 0. The van der Waals surface area contributed by atoms with Crippen LogP contribution >= 0.6 is 0 Å². The molecule has 0 spiro atoms. The van der Waals surface area contributed by atoms with E-state index in [1.165, 1.54) is 0 Å². The first-order valence-corrected chi connectivity index (χ1v) is 13.6. The fraction of sp³-hybridized carbons (Fsp3) is 1.00. The predicted molar refractivity (Wildman–Crippen MR) is 128 cm³/mol. The lowest BCUT2D eigenvalue weighted by Gasteiger charge is -2.68. The van der Waals surface area contributed by atoms with E-state index in [0.717, 1.165) is 19.3 Å². The van der Waals surface area contributed by atoms with E-state index in [2.05, 4.69) is 6.92 Å². The standard InChI is InChI=1S/C27H48O7/c1-15(14-28)6-5-7-16(2)21-22(31)23(32)27(34)25(21,4)11-9-20-24(3)10-8-17(29)12-18(24)19(30)13-26(20,27)33/h15-23,28-34H,5-14H2,1-4H3. The smallest absolute Gasteiger partial charge is 0.128 e. The second kappa shape index (κ2) is 8.93. The number of hydrogen-bond donors (Lipinski definition) is 7. The molecule has 4 aliphatic carbocycles. The molecule has 0 aromatic rings. The summed E-state index contributed by atoms with van der Waals surface area (Å²) in [6.45, 7) is 8.16. The van der Waals surface area contributed by atoms with Crippen LogP contribution in [0.5, 0.6) is 0 Å². The Morgan fingerprint density at radius 1 is 0.941 bits per heavy atom. The van der Waals surface area contributed by atoms with Crippen molar-refractivity contribution in [3.8, 4) is 0 Å². The van der Waals surface area contributed by atoms with Crippen molar-refractivity contribution in [1.82, 2.24) is 0 Å². The molecule has 0 amide bonds. The topological polar surface area (TPSA) is 142 Å². The van der Waals surface area contributed by atoms with E-state index in [0.29, 0.717) is 32.1 Å². The van der Waals surface area contributed by atoms with Gasteiger partial charge in [0.25, 0.3) is 0 Å². The number of fused-ring (bicyclic) bond motifs is 5. The van der Waals surface area contributed by atoms with Crippen LogP contribution in [0.15, 0.2) is 0 Å². The lowest BCUT2D eigenvalue weighted by atomic mass is 9.40. The maximum atomic E-state index is 12.4. The molecule has 4 fully saturated rings. The van der Waals surface area contributed by atoms with Gasteiger partial charge in [-0.05, 0) is 73.5 Å². The lowest BCUT2D eigenvalue weighted by Crippen LogP contribution is -2.77. The highest BCUT2D eigenvalue weighted by Crippen LogP contribution is 2.71. The van der Waals surface area contributed by atoms with Crippen LogP contribution in [-0.2, 0) is 0 Å². The van der Waals surface area contributed by atoms with Crippen molar-refractivity contribution >= 4 is 0 Å². The fourth-order valence-corrected chi connectivity index (χ4v) is 9.50. The molecule has 4 aliphatic rings. The van der Waals surface area contributed by atoms with Gasteiger partial charge < -0.3 is 35.7 Å². The molecule has 0 radical (unpaired) electrons. The van der Waals surface area contributed by atoms with Gasteiger partial charge in [0.15, 0.2) is 0 Å². The van der Waals surface area contributed by atoms with Crippen LogP contribution in [0.1, 0.15) is 85.5 Å². The minimum Gasteiger partial charge on any atom is -0.396 e. The molecular weight excluding hydrogens is 436 g/mol. The molecule has 0 heterocycles. The van der Waals surface area contributed by atoms with Crippen molar-refractivity contribution in [2.75, 3.05) is 6.61 Å². The van der Waals surface area contributed by atoms with Gasteiger partial charge in [-0.3, -0.25) is 0 Å². The largest absolute Gasteiger partial charge is 0.396 e. The Morgan fingerprint density at radius 3 is 2.26 bits per heavy atom. The molecule has 198 valence electrons. The monoisotopic (exact) mass is 484 g/mol. The van der Waals surface area contributed by atoms with Gasteiger partial charge in [0.2, 0.25) is 0 Å². The van der Waals surface area contributed by atoms with Crippen LogP contribution in [0, 0.1) is 40.4 Å². The second-order valence-electron chi connectivity index (χ2n) is 13.2. The summed E-state index contributed by atoms with van der Waals surface area (Å²) in [5.41, 5.74) is -5.04. The first kappa shape index (κ1) is 26.8. The van der Waals surface area contributed by atoms with E-state index in [1.54, 1.807) is 0 Å². The molecular formula is C27H48O7. The Balaban J connectivity index is 1.67. The summed E-state index contributed by atoms with van der Waals surface area (Å²) < 4.78 is 0. The first-order valence-electron chi connectivity index (χ1n) is 13.6. The summed E-state index contributed by atoms with van der Waals surface area (Å²) in [4.78, 5) is 0. The van der Waals surface area contributed by atoms with Crippen molar-refractivity contribution in [1.29, 1.82) is 0 Å². The summed E-state index contributed by atoms with van der Waals surface area (Å²) in [7, 11) is 0. The maximum absolute atomic E-state index is 12.4. The molecule has 34 heavy (non-hydrogen) atoms. The normalized spacial score (nSPS) is 54.6. The lowest BCUT2D eigenvalue weighted by molar-refractivity contribution is -0.331. The Hall–Kier alpha value is -0.280. The number of aliphatic hydroxyl groups excluding tert-OH is 5. The third kappa shape index (κ3) is 3.48. The average Bonchev–Trinajstić information content (AvgIpc) is 2.93. The SMILES string of the molecule is CC(CO)CCCC(C)C1C(O)C(O)C2(O)C1(C)CCC1C3(C)CCC(O)CC3C(O)CC12O. The highest BCUT2D eigenvalue weighted by molar-refractivity contribution is 5.29. The maximum Gasteiger partial charge on any atom is 0.128 e. The summed E-state index contributed by atoms with van der Waals surface area (Å²) in [6.07, 6.45) is 1.41. The zero-order chi connectivity index (χ0) is 25.3. The Bertz CT molecular complexity index is 748. The van der Waals surface area contributed by atoms with E-state index < -0.39 is 52.4 Å². The molecule has 0 aromatic heterocycles. The molecule has 0 aromatic carbocycles. The average molecular weight is 485 g/mol. The van der Waals surface area contributed by atoms with Crippen molar-refractivity contribution in [2.24, 2.45) is 40.4 Å². The highest BCUT2D eigenvalue weighted by Gasteiger charge is 2.80. The van der Waals surface area contributed by atoms with Crippen molar-refractivity contribution in [2.45, 2.75) is 121 Å². The van der Waals surface area contributed by atoms with Crippen LogP contribution in [0.3, 0.4) is 0 Å². The first-order chi connectivity index (χ1) is 15.8. The van der Waals surface area contributed by atoms with Crippen LogP contribution < -0.4 is 0 Å². The van der Waals surface area contributed by atoms with Crippen LogP contribution in [0.2, 0.25) is 0 Å². The number of aliphatic hydroxyl groups is 7. The van der Waals surface area contributed by atoms with Crippen molar-refractivity contribution in [3.05, 3.63) is 0 Å². The zero-order valence-electron chi connectivity index (χ0n) is 21.4. The van der Waals surface area contributed by atoms with Gasteiger partial charge in [0.05, 0.1) is 18.3 Å². The van der Waals surface area contributed by atoms with Crippen LogP contribution in [-0.4, -0.2) is 78.0 Å². The van der Waals surface area contributed by atoms with E-state index in [1.807, 2.05) is 20.8 Å². The van der Waals surface area contributed by atoms with E-state index >= 15 is 0 Å². The quantitative estimate of drug-likeness (QED) is 0.303. The van der Waals surface area contributed by atoms with Gasteiger partial charge in [0, 0.05) is 18.4 Å². The molecule has 0 saturated heterocycles. The van der Waals surface area contributed by atoms with Gasteiger partial charge in [-0.25, -0.2) is 0 Å². The molecule has 4 saturated carbocycles. The molecule has 7 nitrogen and oxygen atoms in total. The molecule has 0 bridgehead atoms. The van der Waals surface area contributed by atoms with Crippen molar-refractivity contribution in [3.63, 3.8) is 0 Å². The van der Waals surface area contributed by atoms with E-state index in [9.17, 15) is 35.7 Å². The van der Waals surface area contributed by atoms with Crippen LogP contribution in [0.25, 0.3) is 0 Å². The molecule has 0 aliphatic heterocycles. The Kier molecular flexibility index (Phi) is 7.03. The van der Waals surface area contributed by atoms with Gasteiger partial charge >= 0.3 is 0 Å². The van der Waals surface area contributed by atoms with Crippen molar-refractivity contribution < 1.29 is 35.7 Å². The highest BCUT2D eigenvalue weighted by atomic mass is 16.4. The molecule has 7 heteroatoms. The Labute approximate surface area is 204 Å². The minimum absolute atomic E-state index is 0.0106. The summed E-state index contributed by atoms with van der Waals surface area (Å²) in [5, 5.41) is 78.1. The second-order valence-corrected chi connectivity index (χ2v) is 13.2. The molecule has 13 unspecified atom stereocenters. The van der Waals surface area contributed by atoms with Gasteiger partial charge in [-0.15, -0.1) is 0 Å². The van der Waals surface area contributed by atoms with Gasteiger partial charge in [0.1, 0.15) is 17.3 Å². The van der Waals surface area contributed by atoms with E-state index in [4.69, 9.17) is 0 Å². The fourth-order valence-electron chi connectivity index (χ4n) is 9.50. The summed E-state index contributed by atoms with van der Waals surface area (Å²) in [5.74, 6) is -0.669. The number of hydrogen-bond acceptors (Lipinski definition) is 7. The van der Waals surface area contributed by atoms with Crippen LogP contribution in [0.4, 0.5) is 0 Å². The predicted octanol–water partition coefficient (Wildman–Crippen LogP) is 1.58. The third-order valence-electron chi connectivity index (χ3n) is 11.4. The summed E-state index contributed by atoms with van der Waals surface area (Å²) >= 11 is 0.